The zero-order valence-electron chi connectivity index (χ0n) is 6.79. The number of benzene rings is 1. The Morgan fingerprint density at radius 3 is 2.50 bits per heavy atom. The van der Waals surface area contributed by atoms with Crippen LogP contribution < -0.4 is 4.65 Å². The fraction of sp³-hybridized carbons (Fsp3) is 0. The van der Waals surface area contributed by atoms with Crippen molar-refractivity contribution in [2.45, 2.75) is 4.90 Å². The van der Waals surface area contributed by atoms with E-state index in [-0.39, 0.29) is 10.6 Å². The topological polar surface area (TPSA) is 83.8 Å². The normalized spacial score (nSPS) is 11.1. The molecule has 0 aliphatic rings. The van der Waals surface area contributed by atoms with Crippen LogP contribution in [0.2, 0.25) is 0 Å². The third-order valence-corrected chi connectivity index (χ3v) is 2.68. The van der Waals surface area contributed by atoms with E-state index < -0.39 is 16.4 Å². The largest absolute Gasteiger partial charge is 0.707 e. The van der Waals surface area contributed by atoms with Gasteiger partial charge in [0.05, 0.1) is 4.90 Å². The van der Waals surface area contributed by atoms with Crippen LogP contribution in [0.15, 0.2) is 29.2 Å². The Morgan fingerprint density at radius 2 is 2.00 bits per heavy atom. The van der Waals surface area contributed by atoms with Crippen molar-refractivity contribution in [1.82, 2.24) is 0 Å². The van der Waals surface area contributed by atoms with Crippen molar-refractivity contribution in [2.75, 3.05) is 0 Å². The average molecular weight is 236 g/mol. The van der Waals surface area contributed by atoms with Crippen molar-refractivity contribution in [3.05, 3.63) is 24.3 Å². The summed E-state index contributed by atoms with van der Waals surface area (Å²) < 4.78 is 26.1. The second kappa shape index (κ2) is 4.18. The van der Waals surface area contributed by atoms with Crippen molar-refractivity contribution in [3.8, 4) is 5.75 Å². The minimum atomic E-state index is -3.83. The highest BCUT2D eigenvalue weighted by atomic mass is 35.7. The van der Waals surface area contributed by atoms with E-state index in [9.17, 15) is 8.42 Å². The van der Waals surface area contributed by atoms with Crippen LogP contribution in [0.3, 0.4) is 0 Å². The molecule has 0 aromatic heterocycles. The summed E-state index contributed by atoms with van der Waals surface area (Å²) in [5.41, 5.74) is 0. The van der Waals surface area contributed by atoms with E-state index in [1.807, 2.05) is 0 Å². The van der Waals surface area contributed by atoms with E-state index in [0.717, 1.165) is 6.07 Å². The second-order valence-corrected chi connectivity index (χ2v) is 4.92. The van der Waals surface area contributed by atoms with Crippen molar-refractivity contribution in [1.29, 1.82) is 0 Å². The molecular formula is C6H6BClO5S. The van der Waals surface area contributed by atoms with Crippen LogP contribution >= 0.6 is 10.7 Å². The Morgan fingerprint density at radius 1 is 1.36 bits per heavy atom. The van der Waals surface area contributed by atoms with Crippen LogP contribution in [-0.4, -0.2) is 25.8 Å². The Balaban J connectivity index is 3.02. The molecule has 14 heavy (non-hydrogen) atoms. The highest BCUT2D eigenvalue weighted by Crippen LogP contribution is 2.20. The van der Waals surface area contributed by atoms with Crippen LogP contribution in [0.5, 0.6) is 5.75 Å². The van der Waals surface area contributed by atoms with Gasteiger partial charge in [0, 0.05) is 10.7 Å². The van der Waals surface area contributed by atoms with Gasteiger partial charge in [-0.1, -0.05) is 6.07 Å². The lowest BCUT2D eigenvalue weighted by Gasteiger charge is -2.04. The minimum Gasteiger partial charge on any atom is -0.512 e. The minimum absolute atomic E-state index is 0.00160. The molecule has 5 nitrogen and oxygen atoms in total. The first-order valence-corrected chi connectivity index (χ1v) is 5.78. The smallest absolute Gasteiger partial charge is 0.512 e. The number of halogens is 1. The van der Waals surface area contributed by atoms with Crippen molar-refractivity contribution in [2.24, 2.45) is 0 Å². The monoisotopic (exact) mass is 236 g/mol. The Labute approximate surface area is 85.5 Å². The predicted molar refractivity (Wildman–Crippen MR) is 50.3 cm³/mol. The van der Waals surface area contributed by atoms with Gasteiger partial charge in [0.15, 0.2) is 0 Å². The molecule has 0 radical (unpaired) electrons. The lowest BCUT2D eigenvalue weighted by Crippen LogP contribution is -2.20. The molecule has 0 spiro atoms. The molecule has 0 fully saturated rings. The summed E-state index contributed by atoms with van der Waals surface area (Å²) in [6.07, 6.45) is 0. The van der Waals surface area contributed by atoms with Crippen LogP contribution in [0, 0.1) is 0 Å². The molecule has 0 amide bonds. The van der Waals surface area contributed by atoms with Gasteiger partial charge >= 0.3 is 7.32 Å². The number of hydrogen-bond donors (Lipinski definition) is 2. The Bertz CT molecular complexity index is 418. The van der Waals surface area contributed by atoms with Crippen LogP contribution in [0.25, 0.3) is 0 Å². The van der Waals surface area contributed by atoms with Gasteiger partial charge in [0.25, 0.3) is 9.05 Å². The van der Waals surface area contributed by atoms with Crippen LogP contribution in [0.4, 0.5) is 0 Å². The van der Waals surface area contributed by atoms with Gasteiger partial charge in [0.1, 0.15) is 5.75 Å². The first-order valence-electron chi connectivity index (χ1n) is 3.47. The summed E-state index contributed by atoms with van der Waals surface area (Å²) in [6, 6.07) is 5.08. The zero-order valence-corrected chi connectivity index (χ0v) is 8.36. The number of rotatable bonds is 3. The van der Waals surface area contributed by atoms with E-state index in [0.29, 0.717) is 0 Å². The molecule has 2 N–H and O–H groups in total. The summed E-state index contributed by atoms with van der Waals surface area (Å²) >= 11 is 0. The van der Waals surface area contributed by atoms with E-state index >= 15 is 0 Å². The van der Waals surface area contributed by atoms with Gasteiger partial charge in [-0.15, -0.1) is 0 Å². The maximum Gasteiger partial charge on any atom is 0.707 e. The molecule has 0 saturated heterocycles. The number of hydrogen-bond acceptors (Lipinski definition) is 5. The van der Waals surface area contributed by atoms with Crippen molar-refractivity contribution in [3.63, 3.8) is 0 Å². The SMILES string of the molecule is O=S(=O)(Cl)c1cccc(OB(O)O)c1. The summed E-state index contributed by atoms with van der Waals surface area (Å²) in [6.45, 7) is 0. The van der Waals surface area contributed by atoms with Crippen LogP contribution in [-0.2, 0) is 9.05 Å². The van der Waals surface area contributed by atoms with Gasteiger partial charge in [-0.25, -0.2) is 8.42 Å². The maximum absolute atomic E-state index is 10.9. The van der Waals surface area contributed by atoms with E-state index in [2.05, 4.69) is 4.65 Å². The first kappa shape index (κ1) is 11.3. The molecule has 0 atom stereocenters. The summed E-state index contributed by atoms with van der Waals surface area (Å²) in [4.78, 5) is -0.169. The van der Waals surface area contributed by atoms with Gasteiger partial charge in [0.2, 0.25) is 0 Å². The molecule has 0 heterocycles. The molecule has 1 aromatic rings. The Kier molecular flexibility index (Phi) is 3.38. The molecule has 0 saturated carbocycles. The van der Waals surface area contributed by atoms with Gasteiger partial charge < -0.3 is 14.7 Å². The third-order valence-electron chi connectivity index (χ3n) is 1.33. The fourth-order valence-electron chi connectivity index (χ4n) is 0.821. The average Bonchev–Trinajstić information content (AvgIpc) is 2.01. The third kappa shape index (κ3) is 3.19. The molecule has 0 aliphatic heterocycles. The molecule has 0 unspecified atom stereocenters. The highest BCUT2D eigenvalue weighted by Gasteiger charge is 2.14. The van der Waals surface area contributed by atoms with Gasteiger partial charge in [-0.05, 0) is 18.2 Å². The quantitative estimate of drug-likeness (QED) is 0.568. The van der Waals surface area contributed by atoms with Crippen LogP contribution in [0.1, 0.15) is 0 Å². The lowest BCUT2D eigenvalue weighted by atomic mass is 10.2. The van der Waals surface area contributed by atoms with Gasteiger partial charge in [-0.3, -0.25) is 0 Å². The summed E-state index contributed by atoms with van der Waals surface area (Å²) in [5.74, 6) is 0.00160. The van der Waals surface area contributed by atoms with E-state index in [4.69, 9.17) is 20.7 Å². The highest BCUT2D eigenvalue weighted by molar-refractivity contribution is 8.13. The van der Waals surface area contributed by atoms with Crippen molar-refractivity contribution < 1.29 is 23.1 Å². The maximum atomic E-state index is 10.9. The summed E-state index contributed by atoms with van der Waals surface area (Å²) in [7, 11) is -0.770. The predicted octanol–water partition coefficient (Wildman–Crippen LogP) is -0.0376. The van der Waals surface area contributed by atoms with E-state index in [1.165, 1.54) is 18.2 Å². The van der Waals surface area contributed by atoms with E-state index in [1.54, 1.807) is 0 Å². The molecule has 0 bridgehead atoms. The molecule has 0 aliphatic carbocycles. The zero-order chi connectivity index (χ0) is 10.8. The standard InChI is InChI=1S/C6H6BClO5S/c8-14(11,12)6-3-1-2-5(4-6)13-7(9)10/h1-4,9-10H. The summed E-state index contributed by atoms with van der Waals surface area (Å²) in [5, 5.41) is 16.9. The Hall–Kier alpha value is -0.755. The molecule has 1 rings (SSSR count). The van der Waals surface area contributed by atoms with Gasteiger partial charge in [-0.2, -0.15) is 0 Å². The first-order chi connectivity index (χ1) is 6.39. The van der Waals surface area contributed by atoms with Crippen molar-refractivity contribution >= 4 is 27.1 Å². The fourth-order valence-corrected chi connectivity index (χ4v) is 1.61. The second-order valence-electron chi connectivity index (χ2n) is 2.36. The lowest BCUT2D eigenvalue weighted by molar-refractivity contribution is 0.288. The molecular weight excluding hydrogens is 230 g/mol. The molecule has 76 valence electrons. The molecule has 1 aromatic carbocycles. The molecule has 8 heteroatoms.